The van der Waals surface area contributed by atoms with Gasteiger partial charge in [0.1, 0.15) is 0 Å². The van der Waals surface area contributed by atoms with Crippen LogP contribution in [0.3, 0.4) is 0 Å². The molecule has 0 spiro atoms. The van der Waals surface area contributed by atoms with Crippen molar-refractivity contribution in [1.29, 1.82) is 0 Å². The van der Waals surface area contributed by atoms with Crippen LogP contribution in [0.2, 0.25) is 0 Å². The highest BCUT2D eigenvalue weighted by Crippen LogP contribution is 2.23. The smallest absolute Gasteiger partial charge is 0.261 e. The van der Waals surface area contributed by atoms with Crippen molar-refractivity contribution in [2.24, 2.45) is 0 Å². The van der Waals surface area contributed by atoms with Gasteiger partial charge in [0.25, 0.3) is 11.8 Å². The van der Waals surface area contributed by atoms with Gasteiger partial charge in [0.2, 0.25) is 0 Å². The lowest BCUT2D eigenvalue weighted by atomic mass is 10.1. The lowest BCUT2D eigenvalue weighted by Gasteiger charge is -2.11. The summed E-state index contributed by atoms with van der Waals surface area (Å²) < 4.78 is 0. The number of carbonyl (C=O) groups is 2. The summed E-state index contributed by atoms with van der Waals surface area (Å²) in [6.45, 7) is 3.68. The first-order valence-electron chi connectivity index (χ1n) is 5.06. The normalized spacial score (nSPS) is 14.6. The third-order valence-electron chi connectivity index (χ3n) is 2.43. The molecule has 1 aromatic rings. The fourth-order valence-corrected chi connectivity index (χ4v) is 1.63. The van der Waals surface area contributed by atoms with Gasteiger partial charge in [-0.3, -0.25) is 14.5 Å². The van der Waals surface area contributed by atoms with Crippen LogP contribution < -0.4 is 0 Å². The number of benzene rings is 1. The Kier molecular flexibility index (Phi) is 2.54. The fourth-order valence-electron chi connectivity index (χ4n) is 1.63. The van der Waals surface area contributed by atoms with Gasteiger partial charge in [-0.15, -0.1) is 0 Å². The maximum absolute atomic E-state index is 11.8. The summed E-state index contributed by atoms with van der Waals surface area (Å²) in [7, 11) is 0. The van der Waals surface area contributed by atoms with Gasteiger partial charge in [0.05, 0.1) is 17.7 Å². The quantitative estimate of drug-likeness (QED) is 0.705. The molecule has 0 atom stereocenters. The Morgan fingerprint density at radius 1 is 1.13 bits per heavy atom. The lowest BCUT2D eigenvalue weighted by Crippen LogP contribution is -2.26. The van der Waals surface area contributed by atoms with Gasteiger partial charge in [0, 0.05) is 0 Å². The Morgan fingerprint density at radius 2 is 1.67 bits per heavy atom. The molecule has 1 radical (unpaired) electrons. The van der Waals surface area contributed by atoms with Crippen molar-refractivity contribution in [2.75, 3.05) is 0 Å². The first-order chi connectivity index (χ1) is 7.25. The molecule has 1 aromatic carbocycles. The summed E-state index contributed by atoms with van der Waals surface area (Å²) in [5.41, 5.74) is 1.02. The minimum absolute atomic E-state index is 0.205. The Bertz CT molecular complexity index is 377. The van der Waals surface area contributed by atoms with Crippen LogP contribution in [0.1, 0.15) is 40.5 Å². The van der Waals surface area contributed by atoms with Crippen molar-refractivity contribution in [3.8, 4) is 0 Å². The minimum atomic E-state index is -0.205. The number of carbonyl (C=O) groups excluding carboxylic acids is 2. The van der Waals surface area contributed by atoms with Crippen LogP contribution in [0.5, 0.6) is 0 Å². The predicted molar refractivity (Wildman–Crippen MR) is 56.2 cm³/mol. The molecule has 2 rings (SSSR count). The second-order valence-corrected chi connectivity index (χ2v) is 3.50. The highest BCUT2D eigenvalue weighted by atomic mass is 16.2. The van der Waals surface area contributed by atoms with Crippen LogP contribution >= 0.6 is 0 Å². The summed E-state index contributed by atoms with van der Waals surface area (Å²) in [5.74, 6) is -0.409. The molecule has 0 bridgehead atoms. The molecule has 0 aliphatic carbocycles. The number of rotatable bonds is 3. The third kappa shape index (κ3) is 1.54. The molecule has 1 aliphatic heterocycles. The Hall–Kier alpha value is -1.64. The van der Waals surface area contributed by atoms with Crippen molar-refractivity contribution in [2.45, 2.75) is 19.8 Å². The van der Waals surface area contributed by atoms with E-state index in [1.807, 2.05) is 6.92 Å². The molecule has 1 heterocycles. The average molecular weight is 202 g/mol. The standard InChI is InChI=1S/C12H12NO2/c1-2-3-8-13-11(14)9-6-4-5-7-10(9)12(13)15/h4-8H,2-3H2,1H3. The summed E-state index contributed by atoms with van der Waals surface area (Å²) in [4.78, 5) is 24.8. The number of hydrogen-bond acceptors (Lipinski definition) is 2. The maximum atomic E-state index is 11.8. The van der Waals surface area contributed by atoms with Crippen LogP contribution in [0.25, 0.3) is 0 Å². The summed E-state index contributed by atoms with van der Waals surface area (Å²) in [6.07, 6.45) is 1.67. The predicted octanol–water partition coefficient (Wildman–Crippen LogP) is 2.24. The molecular weight excluding hydrogens is 190 g/mol. The zero-order valence-corrected chi connectivity index (χ0v) is 8.56. The van der Waals surface area contributed by atoms with Crippen molar-refractivity contribution < 1.29 is 9.59 Å². The van der Waals surface area contributed by atoms with E-state index < -0.39 is 0 Å². The van der Waals surface area contributed by atoms with E-state index in [4.69, 9.17) is 0 Å². The molecule has 77 valence electrons. The SMILES string of the molecule is CCC[CH]N1C(=O)c2ccccc2C1=O. The molecule has 1 aliphatic rings. The highest BCUT2D eigenvalue weighted by Gasteiger charge is 2.34. The molecular formula is C12H12NO2. The molecule has 0 saturated heterocycles. The van der Waals surface area contributed by atoms with E-state index in [0.29, 0.717) is 11.1 Å². The van der Waals surface area contributed by atoms with E-state index in [0.717, 1.165) is 12.8 Å². The van der Waals surface area contributed by atoms with Crippen molar-refractivity contribution in [3.05, 3.63) is 41.9 Å². The number of unbranched alkanes of at least 4 members (excludes halogenated alkanes) is 1. The highest BCUT2D eigenvalue weighted by molar-refractivity contribution is 6.21. The molecule has 15 heavy (non-hydrogen) atoms. The fraction of sp³-hybridized carbons (Fsp3) is 0.250. The van der Waals surface area contributed by atoms with Gasteiger partial charge in [-0.05, 0) is 18.6 Å². The van der Waals surface area contributed by atoms with Crippen molar-refractivity contribution in [1.82, 2.24) is 4.90 Å². The Balaban J connectivity index is 2.29. The molecule has 0 aromatic heterocycles. The number of hydrogen-bond donors (Lipinski definition) is 0. The van der Waals surface area contributed by atoms with Gasteiger partial charge in [-0.25, -0.2) is 0 Å². The molecule has 0 saturated carbocycles. The zero-order chi connectivity index (χ0) is 10.8. The van der Waals surface area contributed by atoms with Crippen LogP contribution in [0, 0.1) is 6.54 Å². The summed E-state index contributed by atoms with van der Waals surface area (Å²) >= 11 is 0. The van der Waals surface area contributed by atoms with Gasteiger partial charge in [-0.1, -0.05) is 25.5 Å². The summed E-state index contributed by atoms with van der Waals surface area (Å²) in [6, 6.07) is 6.92. The van der Waals surface area contributed by atoms with Crippen molar-refractivity contribution in [3.63, 3.8) is 0 Å². The van der Waals surface area contributed by atoms with Crippen LogP contribution in [-0.4, -0.2) is 16.7 Å². The average Bonchev–Trinajstić information content (AvgIpc) is 2.51. The second kappa shape index (κ2) is 3.85. The van der Waals surface area contributed by atoms with Crippen LogP contribution in [0.4, 0.5) is 0 Å². The number of nitrogens with zero attached hydrogens (tertiary/aromatic N) is 1. The largest absolute Gasteiger partial charge is 0.269 e. The van der Waals surface area contributed by atoms with Gasteiger partial charge < -0.3 is 0 Å². The molecule has 2 amide bonds. The van der Waals surface area contributed by atoms with Crippen LogP contribution in [-0.2, 0) is 0 Å². The summed E-state index contributed by atoms with van der Waals surface area (Å²) in [5, 5.41) is 0. The number of fused-ring (bicyclic) bond motifs is 1. The van der Waals surface area contributed by atoms with E-state index in [1.165, 1.54) is 4.90 Å². The Labute approximate surface area is 88.7 Å². The monoisotopic (exact) mass is 202 g/mol. The Morgan fingerprint density at radius 3 is 2.13 bits per heavy atom. The van der Waals surface area contributed by atoms with E-state index in [1.54, 1.807) is 30.8 Å². The van der Waals surface area contributed by atoms with Gasteiger partial charge in [0.15, 0.2) is 0 Å². The number of imide groups is 1. The van der Waals surface area contributed by atoms with E-state index in [9.17, 15) is 9.59 Å². The van der Waals surface area contributed by atoms with E-state index >= 15 is 0 Å². The third-order valence-corrected chi connectivity index (χ3v) is 2.43. The number of amides is 2. The van der Waals surface area contributed by atoms with Crippen LogP contribution in [0.15, 0.2) is 24.3 Å². The van der Waals surface area contributed by atoms with E-state index in [2.05, 4.69) is 0 Å². The molecule has 0 unspecified atom stereocenters. The molecule has 3 heteroatoms. The first kappa shape index (κ1) is 9.90. The maximum Gasteiger partial charge on any atom is 0.261 e. The van der Waals surface area contributed by atoms with Gasteiger partial charge in [-0.2, -0.15) is 0 Å². The topological polar surface area (TPSA) is 37.4 Å². The van der Waals surface area contributed by atoms with Gasteiger partial charge >= 0.3 is 0 Å². The van der Waals surface area contributed by atoms with E-state index in [-0.39, 0.29) is 11.8 Å². The minimum Gasteiger partial charge on any atom is -0.269 e. The molecule has 3 nitrogen and oxygen atoms in total. The zero-order valence-electron chi connectivity index (χ0n) is 8.56. The molecule has 0 N–H and O–H groups in total. The molecule has 0 fully saturated rings. The lowest BCUT2D eigenvalue weighted by molar-refractivity contribution is 0.0692. The van der Waals surface area contributed by atoms with Crippen molar-refractivity contribution >= 4 is 11.8 Å². The first-order valence-corrected chi connectivity index (χ1v) is 5.06. The second-order valence-electron chi connectivity index (χ2n) is 3.50.